The predicted octanol–water partition coefficient (Wildman–Crippen LogP) is 4.09. The van der Waals surface area contributed by atoms with Gasteiger partial charge in [-0.25, -0.2) is 8.78 Å². The first-order valence-corrected chi connectivity index (χ1v) is 13.6. The summed E-state index contributed by atoms with van der Waals surface area (Å²) in [6, 6.07) is 23.1. The molecule has 6 nitrogen and oxygen atoms in total. The Morgan fingerprint density at radius 2 is 1.73 bits per heavy atom. The van der Waals surface area contributed by atoms with E-state index >= 15 is 0 Å². The third kappa shape index (κ3) is 8.07. The highest BCUT2D eigenvalue weighted by Crippen LogP contribution is 2.27. The SMILES string of the molecule is CNCCC1NC(CNC(=O)/C=C/c2ccc(F)cc2F)CCN(CC(c2ccccc2)c2ccccc2)C1=O. The van der Waals surface area contributed by atoms with Crippen LogP contribution in [0.2, 0.25) is 0 Å². The standard InChI is InChI=1S/C32H36F2N4O2/c1-35-18-16-30-32(40)38(22-28(23-8-4-2-5-9-23)24-10-6-3-7-11-24)19-17-27(37-30)21-36-31(39)15-13-25-12-14-26(33)20-29(25)34/h2-15,20,27-28,30,35,37H,16-19,21-22H2,1H3,(H,36,39)/b15-13+. The van der Waals surface area contributed by atoms with E-state index in [0.29, 0.717) is 39.0 Å². The van der Waals surface area contributed by atoms with Crippen LogP contribution in [0, 0.1) is 11.6 Å². The first-order chi connectivity index (χ1) is 19.4. The molecule has 8 heteroatoms. The summed E-state index contributed by atoms with van der Waals surface area (Å²) in [6.07, 6.45) is 3.82. The summed E-state index contributed by atoms with van der Waals surface area (Å²) in [7, 11) is 1.85. The number of amides is 2. The number of nitrogens with zero attached hydrogens (tertiary/aromatic N) is 1. The zero-order chi connectivity index (χ0) is 28.3. The molecule has 0 spiro atoms. The Hall–Kier alpha value is -3.88. The van der Waals surface area contributed by atoms with E-state index in [2.05, 4.69) is 40.2 Å². The van der Waals surface area contributed by atoms with Crippen LogP contribution >= 0.6 is 0 Å². The fourth-order valence-electron chi connectivity index (χ4n) is 5.00. The van der Waals surface area contributed by atoms with Gasteiger partial charge in [-0.3, -0.25) is 9.59 Å². The highest BCUT2D eigenvalue weighted by Gasteiger charge is 2.32. The maximum Gasteiger partial charge on any atom is 0.244 e. The Bertz CT molecular complexity index is 1250. The minimum Gasteiger partial charge on any atom is -0.351 e. The van der Waals surface area contributed by atoms with Crippen molar-refractivity contribution in [3.8, 4) is 0 Å². The first kappa shape index (κ1) is 29.1. The van der Waals surface area contributed by atoms with Gasteiger partial charge in [-0.2, -0.15) is 0 Å². The molecule has 0 bridgehead atoms. The molecule has 210 valence electrons. The van der Waals surface area contributed by atoms with Crippen LogP contribution in [0.4, 0.5) is 8.78 Å². The van der Waals surface area contributed by atoms with Crippen LogP contribution in [0.1, 0.15) is 35.4 Å². The third-order valence-corrected chi connectivity index (χ3v) is 7.18. The van der Waals surface area contributed by atoms with Gasteiger partial charge >= 0.3 is 0 Å². The van der Waals surface area contributed by atoms with Crippen LogP contribution in [0.3, 0.4) is 0 Å². The number of hydrogen-bond acceptors (Lipinski definition) is 4. The van der Waals surface area contributed by atoms with Crippen molar-refractivity contribution in [3.05, 3.63) is 113 Å². The van der Waals surface area contributed by atoms with Crippen LogP contribution in [0.25, 0.3) is 6.08 Å². The smallest absolute Gasteiger partial charge is 0.244 e. The number of carbonyl (C=O) groups excluding carboxylic acids is 2. The lowest BCUT2D eigenvalue weighted by Crippen LogP contribution is -2.50. The number of carbonyl (C=O) groups is 2. The van der Waals surface area contributed by atoms with Gasteiger partial charge in [-0.1, -0.05) is 60.7 Å². The van der Waals surface area contributed by atoms with E-state index in [4.69, 9.17) is 0 Å². The second-order valence-electron chi connectivity index (χ2n) is 10.00. The molecule has 3 aromatic rings. The number of halogens is 2. The van der Waals surface area contributed by atoms with Gasteiger partial charge in [0.05, 0.1) is 6.04 Å². The topological polar surface area (TPSA) is 73.5 Å². The van der Waals surface area contributed by atoms with Crippen molar-refractivity contribution in [2.45, 2.75) is 30.8 Å². The summed E-state index contributed by atoms with van der Waals surface area (Å²) in [4.78, 5) is 28.1. The summed E-state index contributed by atoms with van der Waals surface area (Å²) >= 11 is 0. The Morgan fingerprint density at radius 3 is 2.35 bits per heavy atom. The number of benzene rings is 3. The van der Waals surface area contributed by atoms with Gasteiger partial charge in [0, 0.05) is 49.3 Å². The molecule has 1 fully saturated rings. The van der Waals surface area contributed by atoms with Crippen LogP contribution in [0.15, 0.2) is 84.9 Å². The summed E-state index contributed by atoms with van der Waals surface area (Å²) < 4.78 is 27.0. The second-order valence-corrected chi connectivity index (χ2v) is 10.00. The molecular weight excluding hydrogens is 510 g/mol. The molecule has 3 N–H and O–H groups in total. The molecule has 3 aromatic carbocycles. The number of nitrogens with one attached hydrogen (secondary N) is 3. The van der Waals surface area contributed by atoms with Crippen molar-refractivity contribution in [1.82, 2.24) is 20.9 Å². The van der Waals surface area contributed by atoms with Gasteiger partial charge in [0.2, 0.25) is 11.8 Å². The lowest BCUT2D eigenvalue weighted by atomic mass is 9.90. The summed E-state index contributed by atoms with van der Waals surface area (Å²) in [5.74, 6) is -1.71. The normalized spacial score (nSPS) is 17.8. The fourth-order valence-corrected chi connectivity index (χ4v) is 5.00. The quantitative estimate of drug-likeness (QED) is 0.317. The molecule has 40 heavy (non-hydrogen) atoms. The zero-order valence-corrected chi connectivity index (χ0v) is 22.7. The molecule has 2 atom stereocenters. The van der Waals surface area contributed by atoms with Crippen molar-refractivity contribution in [2.75, 3.05) is 33.2 Å². The molecule has 1 saturated heterocycles. The molecule has 0 aromatic heterocycles. The zero-order valence-electron chi connectivity index (χ0n) is 22.7. The van der Waals surface area contributed by atoms with Crippen molar-refractivity contribution in [1.29, 1.82) is 0 Å². The van der Waals surface area contributed by atoms with Crippen LogP contribution in [-0.4, -0.2) is 62.0 Å². The molecular formula is C32H36F2N4O2. The van der Waals surface area contributed by atoms with Crippen LogP contribution < -0.4 is 16.0 Å². The molecule has 0 aliphatic carbocycles. The highest BCUT2D eigenvalue weighted by atomic mass is 19.1. The molecule has 1 aliphatic heterocycles. The van der Waals surface area contributed by atoms with Gasteiger partial charge in [0.1, 0.15) is 11.6 Å². The fraction of sp³-hybridized carbons (Fsp3) is 0.312. The molecule has 2 unspecified atom stereocenters. The Balaban J connectivity index is 1.44. The summed E-state index contributed by atoms with van der Waals surface area (Å²) in [6.45, 7) is 2.08. The molecule has 2 amide bonds. The molecule has 0 radical (unpaired) electrons. The monoisotopic (exact) mass is 546 g/mol. The maximum absolute atomic E-state index is 13.9. The lowest BCUT2D eigenvalue weighted by Gasteiger charge is -2.29. The van der Waals surface area contributed by atoms with Crippen molar-refractivity contribution in [2.24, 2.45) is 0 Å². The van der Waals surface area contributed by atoms with Crippen molar-refractivity contribution >= 4 is 17.9 Å². The molecule has 1 aliphatic rings. The lowest BCUT2D eigenvalue weighted by molar-refractivity contribution is -0.133. The number of hydrogen-bond donors (Lipinski definition) is 3. The maximum atomic E-state index is 13.9. The van der Waals surface area contributed by atoms with E-state index in [1.807, 2.05) is 48.3 Å². The van der Waals surface area contributed by atoms with E-state index < -0.39 is 23.6 Å². The van der Waals surface area contributed by atoms with E-state index in [1.165, 1.54) is 18.2 Å². The molecule has 4 rings (SSSR count). The van der Waals surface area contributed by atoms with E-state index in [1.54, 1.807) is 0 Å². The van der Waals surface area contributed by atoms with Crippen LogP contribution in [-0.2, 0) is 9.59 Å². The average Bonchev–Trinajstić information content (AvgIpc) is 3.12. The van der Waals surface area contributed by atoms with Crippen molar-refractivity contribution in [3.63, 3.8) is 0 Å². The van der Waals surface area contributed by atoms with Crippen LogP contribution in [0.5, 0.6) is 0 Å². The Labute approximate surface area is 234 Å². The molecule has 1 heterocycles. The number of rotatable bonds is 11. The average molecular weight is 547 g/mol. The molecule has 0 saturated carbocycles. The Morgan fingerprint density at radius 1 is 1.05 bits per heavy atom. The van der Waals surface area contributed by atoms with Gasteiger partial charge in [0.15, 0.2) is 0 Å². The van der Waals surface area contributed by atoms with Gasteiger partial charge in [-0.05, 0) is 55.8 Å². The highest BCUT2D eigenvalue weighted by molar-refractivity contribution is 5.91. The minimum atomic E-state index is -0.732. The van der Waals surface area contributed by atoms with Crippen molar-refractivity contribution < 1.29 is 18.4 Å². The second kappa shape index (κ2) is 14.5. The van der Waals surface area contributed by atoms with Gasteiger partial charge in [-0.15, -0.1) is 0 Å². The first-order valence-electron chi connectivity index (χ1n) is 13.6. The predicted molar refractivity (Wildman–Crippen MR) is 154 cm³/mol. The minimum absolute atomic E-state index is 0.0320. The summed E-state index contributed by atoms with van der Waals surface area (Å²) in [5, 5.41) is 9.43. The van der Waals surface area contributed by atoms with E-state index in [0.717, 1.165) is 23.3 Å². The van der Waals surface area contributed by atoms with E-state index in [-0.39, 0.29) is 23.4 Å². The summed E-state index contributed by atoms with van der Waals surface area (Å²) in [5.41, 5.74) is 2.43. The third-order valence-electron chi connectivity index (χ3n) is 7.18. The Kier molecular flexibility index (Phi) is 10.5. The van der Waals surface area contributed by atoms with Gasteiger partial charge in [0.25, 0.3) is 0 Å². The van der Waals surface area contributed by atoms with E-state index in [9.17, 15) is 18.4 Å². The largest absolute Gasteiger partial charge is 0.351 e. The van der Waals surface area contributed by atoms with Gasteiger partial charge < -0.3 is 20.9 Å².